The van der Waals surface area contributed by atoms with Crippen molar-refractivity contribution in [2.45, 2.75) is 43.4 Å². The lowest BCUT2D eigenvalue weighted by molar-refractivity contribution is -0.528. The molecule has 2 saturated heterocycles. The Bertz CT molecular complexity index is 712. The van der Waals surface area contributed by atoms with Crippen LogP contribution in [0.1, 0.15) is 30.9 Å². The minimum absolute atomic E-state index is 0.0704. The second kappa shape index (κ2) is 9.17. The van der Waals surface area contributed by atoms with Crippen LogP contribution in [0, 0.1) is 16.0 Å². The number of carbonyl (C=O) groups is 1. The number of carbonyl (C=O) groups excluding carboxylic acids is 1. The van der Waals surface area contributed by atoms with E-state index < -0.39 is 12.1 Å². The van der Waals surface area contributed by atoms with E-state index in [4.69, 9.17) is 4.74 Å². The van der Waals surface area contributed by atoms with Crippen molar-refractivity contribution in [1.29, 1.82) is 0 Å². The van der Waals surface area contributed by atoms with Crippen LogP contribution in [0.5, 0.6) is 0 Å². The highest BCUT2D eigenvalue weighted by molar-refractivity contribution is 5.83. The SMILES string of the molecule is O=C(NC(CN1CCOCC1)c1ccccc1)C1NNC2CCC([N+](=O)[O-])CC21. The number of amides is 1. The molecule has 9 nitrogen and oxygen atoms in total. The van der Waals surface area contributed by atoms with Gasteiger partial charge in [0.25, 0.3) is 0 Å². The van der Waals surface area contributed by atoms with E-state index in [1.54, 1.807) is 0 Å². The molecular formula is C20H29N5O4. The molecule has 5 atom stereocenters. The lowest BCUT2D eigenvalue weighted by Gasteiger charge is -2.32. The average molecular weight is 403 g/mol. The minimum Gasteiger partial charge on any atom is -0.379 e. The number of fused-ring (bicyclic) bond motifs is 1. The molecule has 2 heterocycles. The number of hydrogen-bond acceptors (Lipinski definition) is 7. The van der Waals surface area contributed by atoms with Crippen molar-refractivity contribution >= 4 is 5.91 Å². The van der Waals surface area contributed by atoms with E-state index in [9.17, 15) is 14.9 Å². The maximum absolute atomic E-state index is 13.2. The number of morpholine rings is 1. The standard InChI is InChI=1S/C20H29N5O4/c26-20(19-16-12-15(25(27)28)6-7-17(16)22-23-19)21-18(14-4-2-1-3-5-14)13-24-8-10-29-11-9-24/h1-5,15-19,22-23H,6-13H2,(H,21,26). The summed E-state index contributed by atoms with van der Waals surface area (Å²) in [5.74, 6) is -0.171. The summed E-state index contributed by atoms with van der Waals surface area (Å²) in [6.07, 6.45) is 1.69. The van der Waals surface area contributed by atoms with Crippen LogP contribution in [0.15, 0.2) is 30.3 Å². The van der Waals surface area contributed by atoms with Gasteiger partial charge in [0.15, 0.2) is 0 Å². The smallest absolute Gasteiger partial charge is 0.239 e. The number of ether oxygens (including phenoxy) is 1. The Kier molecular flexibility index (Phi) is 6.39. The van der Waals surface area contributed by atoms with Gasteiger partial charge in [0.2, 0.25) is 11.9 Å². The molecule has 4 rings (SSSR count). The van der Waals surface area contributed by atoms with Crippen molar-refractivity contribution < 1.29 is 14.5 Å². The predicted octanol–water partition coefficient (Wildman–Crippen LogP) is 0.467. The lowest BCUT2D eigenvalue weighted by Crippen LogP contribution is -2.50. The van der Waals surface area contributed by atoms with Crippen LogP contribution < -0.4 is 16.2 Å². The molecule has 2 aliphatic heterocycles. The molecule has 0 bridgehead atoms. The molecule has 9 heteroatoms. The molecule has 3 fully saturated rings. The molecule has 5 unspecified atom stereocenters. The van der Waals surface area contributed by atoms with Crippen molar-refractivity contribution in [3.63, 3.8) is 0 Å². The lowest BCUT2D eigenvalue weighted by atomic mass is 9.79. The van der Waals surface area contributed by atoms with Crippen LogP contribution in [0.3, 0.4) is 0 Å². The van der Waals surface area contributed by atoms with Crippen LogP contribution in [0.4, 0.5) is 0 Å². The quantitative estimate of drug-likeness (QED) is 0.468. The first-order valence-electron chi connectivity index (χ1n) is 10.4. The summed E-state index contributed by atoms with van der Waals surface area (Å²) in [7, 11) is 0. The van der Waals surface area contributed by atoms with Crippen molar-refractivity contribution in [3.8, 4) is 0 Å². The topological polar surface area (TPSA) is 109 Å². The number of benzene rings is 1. The van der Waals surface area contributed by atoms with Gasteiger partial charge in [-0.2, -0.15) is 0 Å². The van der Waals surface area contributed by atoms with Gasteiger partial charge in [0, 0.05) is 49.4 Å². The molecule has 158 valence electrons. The Labute approximate surface area is 170 Å². The number of nitro groups is 1. The monoisotopic (exact) mass is 403 g/mol. The number of rotatable bonds is 6. The summed E-state index contributed by atoms with van der Waals surface area (Å²) >= 11 is 0. The maximum Gasteiger partial charge on any atom is 0.239 e. The van der Waals surface area contributed by atoms with Gasteiger partial charge in [-0.3, -0.25) is 25.2 Å². The third-order valence-electron chi connectivity index (χ3n) is 6.37. The third-order valence-corrected chi connectivity index (χ3v) is 6.37. The van der Waals surface area contributed by atoms with E-state index in [2.05, 4.69) is 21.1 Å². The number of nitrogens with one attached hydrogen (secondary N) is 3. The Morgan fingerprint density at radius 2 is 2.00 bits per heavy atom. The molecule has 0 spiro atoms. The van der Waals surface area contributed by atoms with Gasteiger partial charge in [-0.15, -0.1) is 0 Å². The summed E-state index contributed by atoms with van der Waals surface area (Å²) in [6, 6.07) is 8.91. The van der Waals surface area contributed by atoms with E-state index in [1.807, 2.05) is 30.3 Å². The van der Waals surface area contributed by atoms with Crippen molar-refractivity contribution in [2.24, 2.45) is 5.92 Å². The maximum atomic E-state index is 13.2. The summed E-state index contributed by atoms with van der Waals surface area (Å²) < 4.78 is 5.44. The molecular weight excluding hydrogens is 374 g/mol. The molecule has 0 radical (unpaired) electrons. The van der Waals surface area contributed by atoms with Crippen LogP contribution in [0.25, 0.3) is 0 Å². The highest BCUT2D eigenvalue weighted by Gasteiger charge is 2.46. The largest absolute Gasteiger partial charge is 0.379 e. The summed E-state index contributed by atoms with van der Waals surface area (Å²) in [5, 5.41) is 14.5. The van der Waals surface area contributed by atoms with Gasteiger partial charge in [-0.05, 0) is 12.0 Å². The fourth-order valence-corrected chi connectivity index (χ4v) is 4.71. The van der Waals surface area contributed by atoms with Gasteiger partial charge in [0.05, 0.1) is 19.3 Å². The van der Waals surface area contributed by atoms with E-state index in [-0.39, 0.29) is 28.8 Å². The molecule has 1 aromatic carbocycles. The van der Waals surface area contributed by atoms with Crippen molar-refractivity contribution in [3.05, 3.63) is 46.0 Å². The van der Waals surface area contributed by atoms with E-state index in [1.165, 1.54) is 0 Å². The molecule has 3 aliphatic rings. The number of hydrogen-bond donors (Lipinski definition) is 3. The molecule has 1 aliphatic carbocycles. The van der Waals surface area contributed by atoms with Crippen LogP contribution in [-0.2, 0) is 9.53 Å². The van der Waals surface area contributed by atoms with Crippen LogP contribution in [-0.4, -0.2) is 66.7 Å². The van der Waals surface area contributed by atoms with E-state index in [0.717, 1.165) is 18.7 Å². The van der Waals surface area contributed by atoms with Crippen molar-refractivity contribution in [2.75, 3.05) is 32.8 Å². The van der Waals surface area contributed by atoms with Gasteiger partial charge < -0.3 is 10.1 Å². The van der Waals surface area contributed by atoms with Gasteiger partial charge >= 0.3 is 0 Å². The zero-order valence-electron chi connectivity index (χ0n) is 16.5. The zero-order valence-corrected chi connectivity index (χ0v) is 16.5. The molecule has 3 N–H and O–H groups in total. The second-order valence-corrected chi connectivity index (χ2v) is 8.17. The van der Waals surface area contributed by atoms with Gasteiger partial charge in [0.1, 0.15) is 6.04 Å². The van der Waals surface area contributed by atoms with Gasteiger partial charge in [-0.1, -0.05) is 30.3 Å². The highest BCUT2D eigenvalue weighted by atomic mass is 16.6. The van der Waals surface area contributed by atoms with Crippen molar-refractivity contribution in [1.82, 2.24) is 21.1 Å². The Hall–Kier alpha value is -2.07. The Balaban J connectivity index is 1.45. The van der Waals surface area contributed by atoms with E-state index in [0.29, 0.717) is 39.0 Å². The molecule has 1 saturated carbocycles. The Morgan fingerprint density at radius 1 is 1.24 bits per heavy atom. The van der Waals surface area contributed by atoms with Gasteiger partial charge in [-0.25, -0.2) is 5.43 Å². The molecule has 1 amide bonds. The predicted molar refractivity (Wildman–Crippen MR) is 107 cm³/mol. The summed E-state index contributed by atoms with van der Waals surface area (Å²) in [4.78, 5) is 26.5. The molecule has 0 aromatic heterocycles. The summed E-state index contributed by atoms with van der Waals surface area (Å²) in [5.41, 5.74) is 7.34. The first-order chi connectivity index (χ1) is 14.1. The van der Waals surface area contributed by atoms with Crippen LogP contribution in [0.2, 0.25) is 0 Å². The molecule has 1 aromatic rings. The highest BCUT2D eigenvalue weighted by Crippen LogP contribution is 2.32. The number of hydrazine groups is 1. The van der Waals surface area contributed by atoms with Crippen LogP contribution >= 0.6 is 0 Å². The first-order valence-corrected chi connectivity index (χ1v) is 10.4. The number of nitrogens with zero attached hydrogens (tertiary/aromatic N) is 2. The third kappa shape index (κ3) is 4.75. The fourth-order valence-electron chi connectivity index (χ4n) is 4.71. The molecule has 29 heavy (non-hydrogen) atoms. The summed E-state index contributed by atoms with van der Waals surface area (Å²) in [6.45, 7) is 3.81. The van der Waals surface area contributed by atoms with E-state index >= 15 is 0 Å². The first kappa shape index (κ1) is 20.2. The second-order valence-electron chi connectivity index (χ2n) is 8.17. The fraction of sp³-hybridized carbons (Fsp3) is 0.650. The minimum atomic E-state index is -0.563. The normalized spacial score (nSPS) is 31.0. The zero-order chi connectivity index (χ0) is 20.2. The average Bonchev–Trinajstić information content (AvgIpc) is 3.18. The Morgan fingerprint density at radius 3 is 2.72 bits per heavy atom.